The van der Waals surface area contributed by atoms with E-state index < -0.39 is 12.0 Å². The Kier molecular flexibility index (Phi) is 6.23. The highest BCUT2D eigenvalue weighted by atomic mass is 16.5. The first-order chi connectivity index (χ1) is 15.5. The highest BCUT2D eigenvalue weighted by Crippen LogP contribution is 2.32. The number of urea groups is 1. The molecule has 8 heteroatoms. The molecule has 3 amide bonds. The fourth-order valence-electron chi connectivity index (χ4n) is 4.02. The van der Waals surface area contributed by atoms with Crippen molar-refractivity contribution in [3.8, 4) is 0 Å². The van der Waals surface area contributed by atoms with Gasteiger partial charge in [-0.15, -0.1) is 0 Å². The number of nitrogens with zero attached hydrogens (tertiary/aromatic N) is 2. The van der Waals surface area contributed by atoms with Gasteiger partial charge < -0.3 is 20.1 Å². The zero-order valence-corrected chi connectivity index (χ0v) is 17.8. The summed E-state index contributed by atoms with van der Waals surface area (Å²) in [4.78, 5) is 41.0. The minimum atomic E-state index is -1.01. The minimum absolute atomic E-state index is 0.120. The summed E-state index contributed by atoms with van der Waals surface area (Å²) in [6.45, 7) is 3.98. The highest BCUT2D eigenvalue weighted by Gasteiger charge is 2.37. The molecule has 0 radical (unpaired) electrons. The number of carbonyl (C=O) groups excluding carboxylic acids is 2. The second-order valence-corrected chi connectivity index (χ2v) is 7.79. The van der Waals surface area contributed by atoms with Gasteiger partial charge >= 0.3 is 12.0 Å². The Labute approximate surface area is 186 Å². The van der Waals surface area contributed by atoms with Crippen molar-refractivity contribution in [2.45, 2.75) is 19.5 Å². The third-order valence-electron chi connectivity index (χ3n) is 5.80. The number of carboxylic acids is 1. The Morgan fingerprint density at radius 1 is 1.06 bits per heavy atom. The van der Waals surface area contributed by atoms with Crippen LogP contribution in [-0.2, 0) is 16.1 Å². The van der Waals surface area contributed by atoms with Gasteiger partial charge in [-0.3, -0.25) is 9.69 Å². The summed E-state index contributed by atoms with van der Waals surface area (Å²) in [5.74, 6) is -1.13. The van der Waals surface area contributed by atoms with Crippen molar-refractivity contribution in [3.63, 3.8) is 0 Å². The maximum absolute atomic E-state index is 13.5. The molecule has 2 aliphatic rings. The van der Waals surface area contributed by atoms with Gasteiger partial charge in [0, 0.05) is 18.8 Å². The van der Waals surface area contributed by atoms with Crippen LogP contribution in [0.1, 0.15) is 34.5 Å². The highest BCUT2D eigenvalue weighted by molar-refractivity contribution is 5.98. The Morgan fingerprint density at radius 3 is 2.34 bits per heavy atom. The Hall–Kier alpha value is -3.65. The summed E-state index contributed by atoms with van der Waals surface area (Å²) in [6.07, 6.45) is 0. The number of aromatic carboxylic acids is 1. The SMILES string of the molecule is CC1=C(C(=O)N2CCOCC2)C(c2ccccc2)NC(=O)N1Cc1ccc(C(=O)O)cc1. The van der Waals surface area contributed by atoms with Crippen molar-refractivity contribution in [1.29, 1.82) is 0 Å². The third kappa shape index (κ3) is 4.36. The van der Waals surface area contributed by atoms with Crippen LogP contribution in [0.2, 0.25) is 0 Å². The van der Waals surface area contributed by atoms with Crippen LogP contribution in [-0.4, -0.2) is 59.1 Å². The van der Waals surface area contributed by atoms with Crippen molar-refractivity contribution >= 4 is 17.9 Å². The zero-order valence-electron chi connectivity index (χ0n) is 17.8. The third-order valence-corrected chi connectivity index (χ3v) is 5.80. The average molecular weight is 435 g/mol. The van der Waals surface area contributed by atoms with Gasteiger partial charge in [-0.2, -0.15) is 0 Å². The first-order valence-electron chi connectivity index (χ1n) is 10.5. The fourth-order valence-corrected chi connectivity index (χ4v) is 4.02. The van der Waals surface area contributed by atoms with E-state index in [4.69, 9.17) is 9.84 Å². The van der Waals surface area contributed by atoms with Gasteiger partial charge in [-0.25, -0.2) is 9.59 Å². The van der Waals surface area contributed by atoms with E-state index in [0.717, 1.165) is 11.1 Å². The molecule has 1 unspecified atom stereocenters. The molecule has 4 rings (SSSR count). The number of hydrogen-bond acceptors (Lipinski definition) is 4. The molecular weight excluding hydrogens is 410 g/mol. The molecule has 0 aliphatic carbocycles. The lowest BCUT2D eigenvalue weighted by Gasteiger charge is -2.38. The van der Waals surface area contributed by atoms with Crippen molar-refractivity contribution in [3.05, 3.63) is 82.6 Å². The predicted octanol–water partition coefficient (Wildman–Crippen LogP) is 2.78. The molecular formula is C24H25N3O5. The molecule has 0 aromatic heterocycles. The first kappa shape index (κ1) is 21.6. The van der Waals surface area contributed by atoms with E-state index in [1.165, 1.54) is 17.0 Å². The van der Waals surface area contributed by atoms with Crippen molar-refractivity contribution in [2.24, 2.45) is 0 Å². The van der Waals surface area contributed by atoms with Crippen LogP contribution in [0.3, 0.4) is 0 Å². The summed E-state index contributed by atoms with van der Waals surface area (Å²) in [5.41, 5.74) is 2.89. The number of allylic oxidation sites excluding steroid dienone is 1. The van der Waals surface area contributed by atoms with Crippen LogP contribution in [0.5, 0.6) is 0 Å². The lowest BCUT2D eigenvalue weighted by atomic mass is 9.93. The second kappa shape index (κ2) is 9.23. The molecule has 2 heterocycles. The number of morpholine rings is 1. The lowest BCUT2D eigenvalue weighted by molar-refractivity contribution is -0.131. The number of hydrogen-bond donors (Lipinski definition) is 2. The number of ether oxygens (including phenoxy) is 1. The fraction of sp³-hybridized carbons (Fsp3) is 0.292. The summed E-state index contributed by atoms with van der Waals surface area (Å²) >= 11 is 0. The smallest absolute Gasteiger partial charge is 0.335 e. The number of carbonyl (C=O) groups is 3. The largest absolute Gasteiger partial charge is 0.478 e. The Morgan fingerprint density at radius 2 is 1.72 bits per heavy atom. The molecule has 2 N–H and O–H groups in total. The van der Waals surface area contributed by atoms with E-state index >= 15 is 0 Å². The summed E-state index contributed by atoms with van der Waals surface area (Å²) < 4.78 is 5.39. The molecule has 0 saturated carbocycles. The van der Waals surface area contributed by atoms with Gasteiger partial charge in [0.15, 0.2) is 0 Å². The van der Waals surface area contributed by atoms with Crippen LogP contribution in [0.25, 0.3) is 0 Å². The van der Waals surface area contributed by atoms with Gasteiger partial charge in [0.25, 0.3) is 5.91 Å². The zero-order chi connectivity index (χ0) is 22.7. The van der Waals surface area contributed by atoms with E-state index in [9.17, 15) is 14.4 Å². The molecule has 166 valence electrons. The number of rotatable bonds is 5. The van der Waals surface area contributed by atoms with Crippen molar-refractivity contribution < 1.29 is 24.2 Å². The van der Waals surface area contributed by atoms with Crippen LogP contribution < -0.4 is 5.32 Å². The van der Waals surface area contributed by atoms with Crippen LogP contribution >= 0.6 is 0 Å². The topological polar surface area (TPSA) is 99.2 Å². The van der Waals surface area contributed by atoms with Gasteiger partial charge in [0.1, 0.15) is 0 Å². The second-order valence-electron chi connectivity index (χ2n) is 7.79. The number of benzene rings is 2. The van der Waals surface area contributed by atoms with Gasteiger partial charge in [-0.1, -0.05) is 42.5 Å². The minimum Gasteiger partial charge on any atom is -0.478 e. The van der Waals surface area contributed by atoms with Crippen molar-refractivity contribution in [1.82, 2.24) is 15.1 Å². The molecule has 8 nitrogen and oxygen atoms in total. The molecule has 1 fully saturated rings. The Balaban J connectivity index is 1.70. The summed E-state index contributed by atoms with van der Waals surface area (Å²) in [7, 11) is 0. The van der Waals surface area contributed by atoms with Crippen LogP contribution in [0.4, 0.5) is 4.79 Å². The van der Waals surface area contributed by atoms with Gasteiger partial charge in [0.2, 0.25) is 0 Å². The quantitative estimate of drug-likeness (QED) is 0.753. The van der Waals surface area contributed by atoms with Crippen molar-refractivity contribution in [2.75, 3.05) is 26.3 Å². The summed E-state index contributed by atoms with van der Waals surface area (Å²) in [6, 6.07) is 14.9. The van der Waals surface area contributed by atoms with Gasteiger partial charge in [0.05, 0.1) is 36.9 Å². The molecule has 0 spiro atoms. The number of nitrogens with one attached hydrogen (secondary N) is 1. The predicted molar refractivity (Wildman–Crippen MR) is 117 cm³/mol. The first-order valence-corrected chi connectivity index (χ1v) is 10.5. The molecule has 1 saturated heterocycles. The normalized spacial score (nSPS) is 19.0. The molecule has 0 bridgehead atoms. The average Bonchev–Trinajstić information content (AvgIpc) is 2.82. The monoisotopic (exact) mass is 435 g/mol. The molecule has 32 heavy (non-hydrogen) atoms. The van der Waals surface area contributed by atoms with E-state index in [2.05, 4.69) is 5.32 Å². The van der Waals surface area contributed by atoms with Crippen LogP contribution in [0.15, 0.2) is 65.9 Å². The molecule has 2 aliphatic heterocycles. The number of amides is 3. The molecule has 2 aromatic carbocycles. The molecule has 2 aromatic rings. The van der Waals surface area contributed by atoms with E-state index in [1.54, 1.807) is 24.0 Å². The number of carboxylic acid groups (broad SMARTS) is 1. The summed E-state index contributed by atoms with van der Waals surface area (Å²) in [5, 5.41) is 12.1. The van der Waals surface area contributed by atoms with E-state index in [0.29, 0.717) is 37.6 Å². The standard InChI is InChI=1S/C24H25N3O5/c1-16-20(22(28)26-11-13-32-14-12-26)21(18-5-3-2-4-6-18)25-24(31)27(16)15-17-7-9-19(10-8-17)23(29)30/h2-10,21H,11-15H2,1H3,(H,25,31)(H,29,30). The van der Waals surface area contributed by atoms with Gasteiger partial charge in [-0.05, 0) is 30.2 Å². The van der Waals surface area contributed by atoms with E-state index in [-0.39, 0.29) is 24.0 Å². The van der Waals surface area contributed by atoms with E-state index in [1.807, 2.05) is 30.3 Å². The maximum Gasteiger partial charge on any atom is 0.335 e. The Bertz CT molecular complexity index is 1040. The van der Waals surface area contributed by atoms with Crippen LogP contribution in [0, 0.1) is 0 Å². The maximum atomic E-state index is 13.5. The lowest BCUT2D eigenvalue weighted by Crippen LogP contribution is -2.51. The molecule has 1 atom stereocenters.